The van der Waals surface area contributed by atoms with E-state index in [-0.39, 0.29) is 21.4 Å². The molecule has 17 heavy (non-hydrogen) atoms. The molecule has 0 aliphatic heterocycles. The summed E-state index contributed by atoms with van der Waals surface area (Å²) in [6.45, 7) is 2.04. The van der Waals surface area contributed by atoms with Crippen molar-refractivity contribution in [3.8, 4) is 11.5 Å². The number of ketones is 1. The van der Waals surface area contributed by atoms with Crippen molar-refractivity contribution in [1.82, 2.24) is 0 Å². The molecule has 0 bridgehead atoms. The lowest BCUT2D eigenvalue weighted by atomic mass is 10.0. The predicted octanol–water partition coefficient (Wildman–Crippen LogP) is 4.17. The predicted molar refractivity (Wildman–Crippen MR) is 68.3 cm³/mol. The number of benzene rings is 1. The zero-order valence-electron chi connectivity index (χ0n) is 9.46. The van der Waals surface area contributed by atoms with Gasteiger partial charge in [0.25, 0.3) is 0 Å². The van der Waals surface area contributed by atoms with E-state index in [1.807, 2.05) is 6.92 Å². The van der Waals surface area contributed by atoms with E-state index in [1.54, 1.807) is 0 Å². The fourth-order valence-electron chi connectivity index (χ4n) is 1.48. The summed E-state index contributed by atoms with van der Waals surface area (Å²) >= 11 is 11.4. The summed E-state index contributed by atoms with van der Waals surface area (Å²) < 4.78 is 0. The van der Waals surface area contributed by atoms with Crippen molar-refractivity contribution in [3.05, 3.63) is 21.7 Å². The van der Waals surface area contributed by atoms with Gasteiger partial charge in [-0.05, 0) is 12.5 Å². The van der Waals surface area contributed by atoms with Crippen molar-refractivity contribution in [1.29, 1.82) is 0 Å². The first kappa shape index (κ1) is 14.1. The maximum Gasteiger partial charge on any atom is 0.166 e. The minimum absolute atomic E-state index is 0.0355. The third-order valence-electron chi connectivity index (χ3n) is 2.48. The molecule has 0 radical (unpaired) electrons. The quantitative estimate of drug-likeness (QED) is 0.627. The highest BCUT2D eigenvalue weighted by Crippen LogP contribution is 2.41. The number of hydrogen-bond acceptors (Lipinski definition) is 3. The molecule has 0 fully saturated rings. The van der Waals surface area contributed by atoms with E-state index in [2.05, 4.69) is 0 Å². The molecule has 94 valence electrons. The van der Waals surface area contributed by atoms with E-state index in [0.29, 0.717) is 6.42 Å². The summed E-state index contributed by atoms with van der Waals surface area (Å²) in [4.78, 5) is 11.8. The summed E-state index contributed by atoms with van der Waals surface area (Å²) in [7, 11) is 0. The molecule has 1 aromatic rings. The monoisotopic (exact) mass is 276 g/mol. The number of hydrogen-bond donors (Lipinski definition) is 2. The first-order chi connectivity index (χ1) is 7.99. The van der Waals surface area contributed by atoms with Crippen LogP contribution in [0.25, 0.3) is 0 Å². The second-order valence-electron chi connectivity index (χ2n) is 3.80. The van der Waals surface area contributed by atoms with Crippen molar-refractivity contribution < 1.29 is 15.0 Å². The molecule has 0 spiro atoms. The molecule has 0 atom stereocenters. The van der Waals surface area contributed by atoms with Gasteiger partial charge in [0.05, 0.1) is 10.6 Å². The molecule has 2 N–H and O–H groups in total. The van der Waals surface area contributed by atoms with E-state index in [4.69, 9.17) is 23.2 Å². The molecule has 0 amide bonds. The van der Waals surface area contributed by atoms with Crippen LogP contribution >= 0.6 is 23.2 Å². The molecule has 1 aromatic carbocycles. The summed E-state index contributed by atoms with van der Waals surface area (Å²) in [5, 5.41) is 18.7. The van der Waals surface area contributed by atoms with Gasteiger partial charge in [-0.1, -0.05) is 43.0 Å². The number of phenolic OH excluding ortho intramolecular Hbond substituents is 2. The Labute approximate surface area is 110 Å². The fourth-order valence-corrected chi connectivity index (χ4v) is 1.94. The lowest BCUT2D eigenvalue weighted by Gasteiger charge is -2.08. The number of carbonyl (C=O) groups is 1. The van der Waals surface area contributed by atoms with Crippen molar-refractivity contribution in [2.75, 3.05) is 0 Å². The molecular weight excluding hydrogens is 263 g/mol. The van der Waals surface area contributed by atoms with Gasteiger partial charge in [0, 0.05) is 6.42 Å². The van der Waals surface area contributed by atoms with E-state index in [1.165, 1.54) is 6.07 Å². The molecule has 0 aliphatic carbocycles. The van der Waals surface area contributed by atoms with E-state index in [9.17, 15) is 15.0 Å². The van der Waals surface area contributed by atoms with Gasteiger partial charge in [-0.3, -0.25) is 4.79 Å². The van der Waals surface area contributed by atoms with Crippen LogP contribution in [0.3, 0.4) is 0 Å². The zero-order chi connectivity index (χ0) is 13.0. The van der Waals surface area contributed by atoms with Gasteiger partial charge < -0.3 is 10.2 Å². The Morgan fingerprint density at radius 2 is 1.88 bits per heavy atom. The number of rotatable bonds is 5. The van der Waals surface area contributed by atoms with Gasteiger partial charge in [-0.2, -0.15) is 0 Å². The van der Waals surface area contributed by atoms with Crippen molar-refractivity contribution in [2.45, 2.75) is 32.6 Å². The highest BCUT2D eigenvalue weighted by molar-refractivity contribution is 6.38. The average molecular weight is 277 g/mol. The van der Waals surface area contributed by atoms with Crippen LogP contribution in [0, 0.1) is 0 Å². The topological polar surface area (TPSA) is 57.5 Å². The van der Waals surface area contributed by atoms with Crippen LogP contribution in [0.15, 0.2) is 6.07 Å². The normalized spacial score (nSPS) is 10.5. The second-order valence-corrected chi connectivity index (χ2v) is 4.58. The standard InChI is InChI=1S/C12H14Cl2O3/c1-2-3-4-5-9(15)7-6-8(13)12(17)10(14)11(7)16/h6,16-17H,2-5H2,1H3. The first-order valence-electron chi connectivity index (χ1n) is 5.42. The van der Waals surface area contributed by atoms with Gasteiger partial charge in [0.1, 0.15) is 10.8 Å². The Morgan fingerprint density at radius 1 is 1.24 bits per heavy atom. The number of unbranched alkanes of at least 4 members (excludes halogenated alkanes) is 2. The molecule has 0 saturated carbocycles. The van der Waals surface area contributed by atoms with Crippen LogP contribution in [0.1, 0.15) is 43.0 Å². The van der Waals surface area contributed by atoms with Crippen molar-refractivity contribution in [2.24, 2.45) is 0 Å². The molecule has 0 heterocycles. The lowest BCUT2D eigenvalue weighted by molar-refractivity contribution is 0.0976. The highest BCUT2D eigenvalue weighted by Gasteiger charge is 2.19. The zero-order valence-corrected chi connectivity index (χ0v) is 11.0. The molecular formula is C12H14Cl2O3. The minimum atomic E-state index is -0.407. The summed E-state index contributed by atoms with van der Waals surface area (Å²) in [5.74, 6) is -1.04. The minimum Gasteiger partial charge on any atom is -0.505 e. The Morgan fingerprint density at radius 3 is 2.47 bits per heavy atom. The third-order valence-corrected chi connectivity index (χ3v) is 3.12. The van der Waals surface area contributed by atoms with Gasteiger partial charge in [0.2, 0.25) is 0 Å². The molecule has 1 rings (SSSR count). The molecule has 0 saturated heterocycles. The number of phenols is 2. The van der Waals surface area contributed by atoms with Crippen LogP contribution in [0.5, 0.6) is 11.5 Å². The maximum atomic E-state index is 11.8. The summed E-state index contributed by atoms with van der Waals surface area (Å²) in [5.41, 5.74) is 0.0638. The lowest BCUT2D eigenvalue weighted by Crippen LogP contribution is -2.00. The van der Waals surface area contributed by atoms with Gasteiger partial charge in [0.15, 0.2) is 11.5 Å². The van der Waals surface area contributed by atoms with Crippen LogP contribution in [-0.2, 0) is 0 Å². The van der Waals surface area contributed by atoms with E-state index >= 15 is 0 Å². The Balaban J connectivity index is 2.94. The van der Waals surface area contributed by atoms with Gasteiger partial charge in [-0.25, -0.2) is 0 Å². The van der Waals surface area contributed by atoms with Crippen LogP contribution in [0.2, 0.25) is 10.0 Å². The number of carbonyl (C=O) groups excluding carboxylic acids is 1. The smallest absolute Gasteiger partial charge is 0.166 e. The SMILES string of the molecule is CCCCCC(=O)c1cc(Cl)c(O)c(Cl)c1O. The number of Topliss-reactive ketones (excluding diaryl/α,β-unsaturated/α-hetero) is 1. The molecule has 0 aliphatic rings. The Bertz CT molecular complexity index is 430. The highest BCUT2D eigenvalue weighted by atomic mass is 35.5. The summed E-state index contributed by atoms with van der Waals surface area (Å²) in [6, 6.07) is 1.24. The maximum absolute atomic E-state index is 11.8. The molecule has 0 unspecified atom stereocenters. The third kappa shape index (κ3) is 3.27. The first-order valence-corrected chi connectivity index (χ1v) is 6.17. The van der Waals surface area contributed by atoms with Crippen molar-refractivity contribution in [3.63, 3.8) is 0 Å². The largest absolute Gasteiger partial charge is 0.505 e. The van der Waals surface area contributed by atoms with Crippen molar-refractivity contribution >= 4 is 29.0 Å². The Hall–Kier alpha value is -0.930. The van der Waals surface area contributed by atoms with Crippen LogP contribution in [0.4, 0.5) is 0 Å². The fraction of sp³-hybridized carbons (Fsp3) is 0.417. The second kappa shape index (κ2) is 6.12. The molecule has 3 nitrogen and oxygen atoms in total. The Kier molecular flexibility index (Phi) is 5.09. The summed E-state index contributed by atoms with van der Waals surface area (Å²) in [6.07, 6.45) is 3.05. The molecule has 0 aromatic heterocycles. The number of halogens is 2. The van der Waals surface area contributed by atoms with Crippen LogP contribution < -0.4 is 0 Å². The van der Waals surface area contributed by atoms with Gasteiger partial charge >= 0.3 is 0 Å². The van der Waals surface area contributed by atoms with E-state index < -0.39 is 11.5 Å². The van der Waals surface area contributed by atoms with E-state index in [0.717, 1.165) is 19.3 Å². The molecule has 5 heteroatoms. The number of aromatic hydroxyl groups is 2. The average Bonchev–Trinajstić information content (AvgIpc) is 2.31. The van der Waals surface area contributed by atoms with Gasteiger partial charge in [-0.15, -0.1) is 0 Å². The van der Waals surface area contributed by atoms with Crippen LogP contribution in [-0.4, -0.2) is 16.0 Å².